The normalized spacial score (nSPS) is 14.4. The van der Waals surface area contributed by atoms with Gasteiger partial charge in [0.25, 0.3) is 5.56 Å². The first kappa shape index (κ1) is 22.1. The Balaban J connectivity index is 1.73. The van der Waals surface area contributed by atoms with E-state index in [1.165, 1.54) is 5.56 Å². The van der Waals surface area contributed by atoms with E-state index in [9.17, 15) is 4.79 Å². The van der Waals surface area contributed by atoms with Gasteiger partial charge in [-0.1, -0.05) is 25.1 Å². The average molecular weight is 459 g/mol. The van der Waals surface area contributed by atoms with Gasteiger partial charge in [-0.05, 0) is 79.9 Å². The molecule has 1 N–H and O–H groups in total. The lowest BCUT2D eigenvalue weighted by atomic mass is 9.99. The molecule has 0 saturated heterocycles. The zero-order chi connectivity index (χ0) is 23.9. The van der Waals surface area contributed by atoms with Crippen molar-refractivity contribution in [3.05, 3.63) is 75.8 Å². The van der Waals surface area contributed by atoms with Crippen molar-refractivity contribution >= 4 is 16.6 Å². The number of pyridine rings is 1. The summed E-state index contributed by atoms with van der Waals surface area (Å²) in [4.78, 5) is 18.8. The first-order chi connectivity index (χ1) is 16.4. The maximum Gasteiger partial charge on any atom is 0.254 e. The first-order valence-electron chi connectivity index (χ1n) is 11.9. The van der Waals surface area contributed by atoms with Gasteiger partial charge in [0.15, 0.2) is 5.82 Å². The molecular weight excluding hydrogens is 428 g/mol. The lowest BCUT2D eigenvalue weighted by Crippen LogP contribution is -2.37. The molecule has 1 atom stereocenters. The van der Waals surface area contributed by atoms with Gasteiger partial charge in [-0.15, -0.1) is 5.10 Å². The summed E-state index contributed by atoms with van der Waals surface area (Å²) in [5.41, 5.74) is 3.31. The Hall–Kier alpha value is -3.68. The number of benzene rings is 2. The molecule has 8 nitrogen and oxygen atoms in total. The Morgan fingerprint density at radius 2 is 1.97 bits per heavy atom. The Bertz CT molecular complexity index is 1390. The van der Waals surface area contributed by atoms with Crippen molar-refractivity contribution < 1.29 is 4.74 Å². The number of para-hydroxylation sites is 1. The van der Waals surface area contributed by atoms with Crippen LogP contribution >= 0.6 is 0 Å². The number of H-pyrrole nitrogens is 1. The fourth-order valence-electron chi connectivity index (χ4n) is 4.68. The van der Waals surface area contributed by atoms with Crippen molar-refractivity contribution in [2.45, 2.75) is 52.1 Å². The monoisotopic (exact) mass is 458 g/mol. The molecule has 8 heteroatoms. The highest BCUT2D eigenvalue weighted by molar-refractivity contribution is 5.81. The van der Waals surface area contributed by atoms with Crippen molar-refractivity contribution in [3.8, 4) is 5.75 Å². The number of aromatic amines is 1. The second-order valence-electron chi connectivity index (χ2n) is 9.33. The number of hydrogen-bond acceptors (Lipinski definition) is 6. The molecule has 1 aliphatic rings. The van der Waals surface area contributed by atoms with Gasteiger partial charge in [-0.25, -0.2) is 4.68 Å². The van der Waals surface area contributed by atoms with Crippen molar-refractivity contribution in [3.63, 3.8) is 0 Å². The van der Waals surface area contributed by atoms with E-state index in [1.54, 1.807) is 0 Å². The summed E-state index contributed by atoms with van der Waals surface area (Å²) in [6, 6.07) is 15.6. The van der Waals surface area contributed by atoms with Gasteiger partial charge in [0, 0.05) is 28.7 Å². The quantitative estimate of drug-likeness (QED) is 0.446. The van der Waals surface area contributed by atoms with Crippen molar-refractivity contribution in [2.75, 3.05) is 18.1 Å². The highest BCUT2D eigenvalue weighted by atomic mass is 16.5. The van der Waals surface area contributed by atoms with E-state index < -0.39 is 6.04 Å². The van der Waals surface area contributed by atoms with E-state index in [4.69, 9.17) is 4.74 Å². The van der Waals surface area contributed by atoms with Crippen LogP contribution in [-0.2, 0) is 12.0 Å². The second-order valence-corrected chi connectivity index (χ2v) is 9.33. The molecule has 0 fully saturated rings. The van der Waals surface area contributed by atoms with E-state index in [2.05, 4.69) is 64.4 Å². The number of aromatic nitrogens is 5. The number of anilines is 1. The van der Waals surface area contributed by atoms with Crippen LogP contribution in [0.2, 0.25) is 0 Å². The van der Waals surface area contributed by atoms with Crippen molar-refractivity contribution in [1.29, 1.82) is 0 Å². The van der Waals surface area contributed by atoms with Crippen LogP contribution in [-0.4, -0.2) is 38.3 Å². The van der Waals surface area contributed by atoms with Crippen LogP contribution in [0.5, 0.6) is 5.75 Å². The largest absolute Gasteiger partial charge is 0.494 e. The molecule has 0 amide bonds. The van der Waals surface area contributed by atoms with E-state index in [0.717, 1.165) is 41.7 Å². The lowest BCUT2D eigenvalue weighted by Gasteiger charge is -2.32. The van der Waals surface area contributed by atoms with Gasteiger partial charge in [0.2, 0.25) is 0 Å². The van der Waals surface area contributed by atoms with Crippen molar-refractivity contribution in [2.24, 2.45) is 0 Å². The van der Waals surface area contributed by atoms with Gasteiger partial charge in [-0.2, -0.15) is 0 Å². The standard InChI is InChI=1S/C26H30N6O2/c1-5-26(3,4)32-24(28-29-30-32)23(31-14-13-17-9-7-8-10-22(17)31)20-16-18-15-19(34-6-2)11-12-21(18)27-25(20)33/h7-12,15-16,23H,5-6,13-14H2,1-4H3,(H,27,33)/t23-/m0/s1. The molecule has 4 aromatic rings. The lowest BCUT2D eigenvalue weighted by molar-refractivity contribution is 0.287. The summed E-state index contributed by atoms with van der Waals surface area (Å²) in [6.07, 6.45) is 1.76. The summed E-state index contributed by atoms with van der Waals surface area (Å²) in [5.74, 6) is 1.43. The highest BCUT2D eigenvalue weighted by Gasteiger charge is 2.36. The molecule has 0 radical (unpaired) electrons. The van der Waals surface area contributed by atoms with Crippen LogP contribution < -0.4 is 15.2 Å². The number of nitrogens with one attached hydrogen (secondary N) is 1. The minimum absolute atomic E-state index is 0.144. The van der Waals surface area contributed by atoms with Crippen LogP contribution in [0.3, 0.4) is 0 Å². The number of nitrogens with zero attached hydrogens (tertiary/aromatic N) is 5. The fourth-order valence-corrected chi connectivity index (χ4v) is 4.68. The van der Waals surface area contributed by atoms with Gasteiger partial charge in [0.05, 0.1) is 12.1 Å². The summed E-state index contributed by atoms with van der Waals surface area (Å²) >= 11 is 0. The smallest absolute Gasteiger partial charge is 0.254 e. The van der Waals surface area contributed by atoms with E-state index >= 15 is 0 Å². The zero-order valence-electron chi connectivity index (χ0n) is 20.1. The SMILES string of the molecule is CCOc1ccc2[nH]c(=O)c([C@@H](c3nnnn3C(C)(C)CC)N3CCc4ccccc43)cc2c1. The molecule has 3 heterocycles. The molecule has 0 saturated carbocycles. The van der Waals surface area contributed by atoms with Crippen LogP contribution in [0.4, 0.5) is 5.69 Å². The molecule has 1 aliphatic heterocycles. The van der Waals surface area contributed by atoms with Gasteiger partial charge in [0.1, 0.15) is 11.8 Å². The predicted octanol–water partition coefficient (Wildman–Crippen LogP) is 4.21. The topological polar surface area (TPSA) is 88.9 Å². The maximum absolute atomic E-state index is 13.5. The molecule has 34 heavy (non-hydrogen) atoms. The number of hydrogen-bond donors (Lipinski definition) is 1. The first-order valence-corrected chi connectivity index (χ1v) is 11.9. The Labute approximate surface area is 198 Å². The summed E-state index contributed by atoms with van der Waals surface area (Å²) < 4.78 is 7.58. The Morgan fingerprint density at radius 1 is 1.15 bits per heavy atom. The maximum atomic E-state index is 13.5. The Kier molecular flexibility index (Phi) is 5.59. The van der Waals surface area contributed by atoms with Crippen molar-refractivity contribution in [1.82, 2.24) is 25.2 Å². The van der Waals surface area contributed by atoms with Crippen LogP contribution in [0.15, 0.2) is 53.3 Å². The number of rotatable bonds is 7. The predicted molar refractivity (Wildman–Crippen MR) is 133 cm³/mol. The molecule has 0 bridgehead atoms. The molecule has 2 aromatic heterocycles. The molecule has 0 aliphatic carbocycles. The summed E-state index contributed by atoms with van der Waals surface area (Å²) in [7, 11) is 0. The highest BCUT2D eigenvalue weighted by Crippen LogP contribution is 2.38. The van der Waals surface area contributed by atoms with E-state index in [0.29, 0.717) is 18.0 Å². The van der Waals surface area contributed by atoms with Gasteiger partial charge in [-0.3, -0.25) is 4.79 Å². The van der Waals surface area contributed by atoms with Crippen LogP contribution in [0.25, 0.3) is 10.9 Å². The Morgan fingerprint density at radius 3 is 2.76 bits per heavy atom. The second kappa shape index (κ2) is 8.59. The minimum atomic E-state index is -0.437. The van der Waals surface area contributed by atoms with Crippen LogP contribution in [0.1, 0.15) is 57.1 Å². The number of tetrazole rings is 1. The molecule has 2 aromatic carbocycles. The number of fused-ring (bicyclic) bond motifs is 2. The molecule has 176 valence electrons. The molecule has 5 rings (SSSR count). The summed E-state index contributed by atoms with van der Waals surface area (Å²) in [5, 5.41) is 13.8. The van der Waals surface area contributed by atoms with E-state index in [-0.39, 0.29) is 11.1 Å². The average Bonchev–Trinajstić information content (AvgIpc) is 3.49. The summed E-state index contributed by atoms with van der Waals surface area (Å²) in [6.45, 7) is 9.65. The van der Waals surface area contributed by atoms with Crippen LogP contribution in [0, 0.1) is 0 Å². The third kappa shape index (κ3) is 3.73. The fraction of sp³-hybridized carbons (Fsp3) is 0.385. The van der Waals surface area contributed by atoms with Gasteiger partial charge >= 0.3 is 0 Å². The number of ether oxygens (including phenoxy) is 1. The molecule has 0 unspecified atom stereocenters. The molecule has 0 spiro atoms. The third-order valence-electron chi connectivity index (χ3n) is 6.86. The van der Waals surface area contributed by atoms with Gasteiger partial charge < -0.3 is 14.6 Å². The third-order valence-corrected chi connectivity index (χ3v) is 6.86. The zero-order valence-corrected chi connectivity index (χ0v) is 20.1. The van der Waals surface area contributed by atoms with E-state index in [1.807, 2.05) is 41.9 Å². The molecular formula is C26H30N6O2. The minimum Gasteiger partial charge on any atom is -0.494 e.